The van der Waals surface area contributed by atoms with Gasteiger partial charge in [-0.05, 0) is 68.5 Å². The van der Waals surface area contributed by atoms with Gasteiger partial charge in [0.15, 0.2) is 5.11 Å². The number of nitrogens with one attached hydrogen (secondary N) is 4. The zero-order valence-electron chi connectivity index (χ0n) is 20.6. The topological polar surface area (TPSA) is 98.7 Å². The minimum atomic E-state index is 0.417. The SMILES string of the molecule is Cc1cc(C)nc(NC(=NCCN2CCOCC2)NC(=S)Nc2ccc(Nc3ccccc3)cc2)n1. The van der Waals surface area contributed by atoms with Crippen LogP contribution in [-0.2, 0) is 4.74 Å². The Balaban J connectivity index is 1.37. The van der Waals surface area contributed by atoms with Gasteiger partial charge in [-0.1, -0.05) is 18.2 Å². The molecule has 0 aliphatic carbocycles. The Bertz CT molecular complexity index is 1140. The fourth-order valence-electron chi connectivity index (χ4n) is 3.72. The highest BCUT2D eigenvalue weighted by Crippen LogP contribution is 2.18. The summed E-state index contributed by atoms with van der Waals surface area (Å²) in [5, 5.41) is 13.4. The van der Waals surface area contributed by atoms with Crippen molar-refractivity contribution in [1.82, 2.24) is 20.2 Å². The van der Waals surface area contributed by atoms with Crippen LogP contribution in [0, 0.1) is 13.8 Å². The first-order chi connectivity index (χ1) is 17.5. The number of thiocarbonyl (C=S) groups is 1. The largest absolute Gasteiger partial charge is 0.379 e. The van der Waals surface area contributed by atoms with Crippen molar-refractivity contribution in [2.75, 3.05) is 55.3 Å². The molecule has 0 saturated carbocycles. The van der Waals surface area contributed by atoms with Crippen molar-refractivity contribution < 1.29 is 4.74 Å². The van der Waals surface area contributed by atoms with E-state index in [-0.39, 0.29) is 0 Å². The molecule has 9 nitrogen and oxygen atoms in total. The first kappa shape index (κ1) is 25.5. The van der Waals surface area contributed by atoms with E-state index in [0.29, 0.717) is 23.6 Å². The summed E-state index contributed by atoms with van der Waals surface area (Å²) in [4.78, 5) is 16.0. The molecule has 3 aromatic rings. The Morgan fingerprint density at radius 3 is 2.25 bits per heavy atom. The van der Waals surface area contributed by atoms with Crippen molar-refractivity contribution in [3.8, 4) is 0 Å². The Morgan fingerprint density at radius 2 is 1.56 bits per heavy atom. The number of hydrogen-bond donors (Lipinski definition) is 4. The Morgan fingerprint density at radius 1 is 0.917 bits per heavy atom. The molecule has 0 radical (unpaired) electrons. The van der Waals surface area contributed by atoms with Crippen LogP contribution in [0.1, 0.15) is 11.4 Å². The molecule has 0 bridgehead atoms. The maximum Gasteiger partial charge on any atom is 0.229 e. The summed E-state index contributed by atoms with van der Waals surface area (Å²) in [6, 6.07) is 19.9. The summed E-state index contributed by atoms with van der Waals surface area (Å²) in [7, 11) is 0. The fraction of sp³-hybridized carbons (Fsp3) is 0.308. The van der Waals surface area contributed by atoms with Crippen LogP contribution in [0.5, 0.6) is 0 Å². The van der Waals surface area contributed by atoms with Crippen LogP contribution >= 0.6 is 12.2 Å². The normalized spacial score (nSPS) is 14.2. The van der Waals surface area contributed by atoms with Crippen LogP contribution in [0.3, 0.4) is 0 Å². The third-order valence-corrected chi connectivity index (χ3v) is 5.64. The number of ether oxygens (including phenoxy) is 1. The van der Waals surface area contributed by atoms with Gasteiger partial charge in [-0.3, -0.25) is 15.2 Å². The number of aliphatic imine (C=N–C) groups is 1. The molecule has 0 atom stereocenters. The highest BCUT2D eigenvalue weighted by molar-refractivity contribution is 7.80. The van der Waals surface area contributed by atoms with Crippen LogP contribution in [0.2, 0.25) is 0 Å². The van der Waals surface area contributed by atoms with Crippen LogP contribution in [0.15, 0.2) is 65.7 Å². The van der Waals surface area contributed by atoms with Crippen molar-refractivity contribution in [3.63, 3.8) is 0 Å². The van der Waals surface area contributed by atoms with E-state index in [1.54, 1.807) is 0 Å². The maximum atomic E-state index is 5.57. The number of aromatic nitrogens is 2. The average molecular weight is 505 g/mol. The number of benzene rings is 2. The van der Waals surface area contributed by atoms with Crippen molar-refractivity contribution in [3.05, 3.63) is 72.1 Å². The second-order valence-corrected chi connectivity index (χ2v) is 8.84. The van der Waals surface area contributed by atoms with E-state index in [1.807, 2.05) is 74.5 Å². The van der Waals surface area contributed by atoms with Gasteiger partial charge >= 0.3 is 0 Å². The number of anilines is 4. The fourth-order valence-corrected chi connectivity index (χ4v) is 3.94. The molecule has 0 amide bonds. The van der Waals surface area contributed by atoms with Crippen LogP contribution in [0.25, 0.3) is 0 Å². The predicted octanol–water partition coefficient (Wildman–Crippen LogP) is 3.92. The molecule has 1 fully saturated rings. The average Bonchev–Trinajstić information content (AvgIpc) is 2.86. The van der Waals surface area contributed by atoms with Gasteiger partial charge in [0.1, 0.15) is 0 Å². The van der Waals surface area contributed by atoms with Gasteiger partial charge in [0.25, 0.3) is 0 Å². The predicted molar refractivity (Wildman–Crippen MR) is 150 cm³/mol. The lowest BCUT2D eigenvalue weighted by atomic mass is 10.2. The van der Waals surface area contributed by atoms with E-state index in [4.69, 9.17) is 21.9 Å². The molecule has 1 aliphatic heterocycles. The number of guanidine groups is 1. The van der Waals surface area contributed by atoms with Gasteiger partial charge in [-0.2, -0.15) is 0 Å². The highest BCUT2D eigenvalue weighted by Gasteiger charge is 2.11. The quantitative estimate of drug-likeness (QED) is 0.217. The molecule has 4 rings (SSSR count). The van der Waals surface area contributed by atoms with E-state index in [1.165, 1.54) is 0 Å². The van der Waals surface area contributed by atoms with Crippen LogP contribution in [-0.4, -0.2) is 65.3 Å². The molecule has 1 aliphatic rings. The van der Waals surface area contributed by atoms with Gasteiger partial charge in [0.2, 0.25) is 11.9 Å². The number of hydrogen-bond acceptors (Lipinski definition) is 7. The lowest BCUT2D eigenvalue weighted by molar-refractivity contribution is 0.0394. The van der Waals surface area contributed by atoms with E-state index < -0.39 is 0 Å². The standard InChI is InChI=1S/C26H32N8OS/c1-19-18-20(2)29-25(28-19)32-24(27-12-13-34-14-16-35-17-15-34)33-26(36)31-23-10-8-22(9-11-23)30-21-6-4-3-5-7-21/h3-11,18,30H,12-17H2,1-2H3,(H3,27,28,29,31,32,33,36). The highest BCUT2D eigenvalue weighted by atomic mass is 32.1. The third kappa shape index (κ3) is 8.26. The molecule has 4 N–H and O–H groups in total. The number of morpholine rings is 1. The second-order valence-electron chi connectivity index (χ2n) is 8.43. The van der Waals surface area contributed by atoms with Gasteiger partial charge in [0.05, 0.1) is 19.8 Å². The Labute approximate surface area is 217 Å². The summed E-state index contributed by atoms with van der Waals surface area (Å²) in [6.07, 6.45) is 0. The van der Waals surface area contributed by atoms with Gasteiger partial charge in [0, 0.05) is 48.1 Å². The summed E-state index contributed by atoms with van der Waals surface area (Å²) in [5.74, 6) is 0.970. The first-order valence-electron chi connectivity index (χ1n) is 12.0. The first-order valence-corrected chi connectivity index (χ1v) is 12.4. The molecule has 1 saturated heterocycles. The summed E-state index contributed by atoms with van der Waals surface area (Å²) >= 11 is 5.57. The van der Waals surface area contributed by atoms with E-state index >= 15 is 0 Å². The molecule has 188 valence electrons. The Hall–Kier alpha value is -3.60. The van der Waals surface area contributed by atoms with Crippen molar-refractivity contribution in [1.29, 1.82) is 0 Å². The number of rotatable bonds is 7. The molecule has 0 spiro atoms. The second kappa shape index (κ2) is 12.9. The summed E-state index contributed by atoms with van der Waals surface area (Å²) in [5.41, 5.74) is 4.64. The zero-order valence-corrected chi connectivity index (χ0v) is 21.4. The molecule has 2 aromatic carbocycles. The lowest BCUT2D eigenvalue weighted by Gasteiger charge is -2.25. The molecule has 36 heavy (non-hydrogen) atoms. The molecular formula is C26H32N8OS. The number of aryl methyl sites for hydroxylation is 2. The summed E-state index contributed by atoms with van der Waals surface area (Å²) in [6.45, 7) is 8.66. The van der Waals surface area contributed by atoms with E-state index in [0.717, 1.165) is 61.3 Å². The van der Waals surface area contributed by atoms with Gasteiger partial charge < -0.3 is 20.7 Å². The van der Waals surface area contributed by atoms with Crippen LogP contribution < -0.4 is 21.3 Å². The monoisotopic (exact) mass is 504 g/mol. The van der Waals surface area contributed by atoms with Crippen molar-refractivity contribution >= 4 is 46.3 Å². The van der Waals surface area contributed by atoms with Gasteiger partial charge in [-0.15, -0.1) is 0 Å². The van der Waals surface area contributed by atoms with Crippen LogP contribution in [0.4, 0.5) is 23.0 Å². The summed E-state index contributed by atoms with van der Waals surface area (Å²) < 4.78 is 5.43. The lowest BCUT2D eigenvalue weighted by Crippen LogP contribution is -2.41. The zero-order chi connectivity index (χ0) is 25.2. The minimum absolute atomic E-state index is 0.417. The molecule has 1 aromatic heterocycles. The molecular weight excluding hydrogens is 472 g/mol. The number of para-hydroxylation sites is 1. The van der Waals surface area contributed by atoms with E-state index in [9.17, 15) is 0 Å². The van der Waals surface area contributed by atoms with Crippen molar-refractivity contribution in [2.24, 2.45) is 4.99 Å². The molecule has 10 heteroatoms. The van der Waals surface area contributed by atoms with Gasteiger partial charge in [-0.25, -0.2) is 9.97 Å². The molecule has 2 heterocycles. The molecule has 0 unspecified atom stereocenters. The Kier molecular flexibility index (Phi) is 9.15. The van der Waals surface area contributed by atoms with E-state index in [2.05, 4.69) is 36.1 Å². The smallest absolute Gasteiger partial charge is 0.229 e. The van der Waals surface area contributed by atoms with Crippen molar-refractivity contribution in [2.45, 2.75) is 13.8 Å². The minimum Gasteiger partial charge on any atom is -0.379 e. The number of nitrogens with zero attached hydrogens (tertiary/aromatic N) is 4. The third-order valence-electron chi connectivity index (χ3n) is 5.44. The maximum absolute atomic E-state index is 5.57.